The maximum Gasteiger partial charge on any atom is 0.338 e. The molecule has 0 spiro atoms. The Morgan fingerprint density at radius 1 is 0.680 bits per heavy atom. The molecule has 0 amide bonds. The van der Waals surface area contributed by atoms with E-state index in [0.717, 1.165) is 0 Å². The Morgan fingerprint density at radius 3 is 1.48 bits per heavy atom. The van der Waals surface area contributed by atoms with Gasteiger partial charge in [-0.25, -0.2) is 4.79 Å². The number of benzene rings is 3. The van der Waals surface area contributed by atoms with E-state index >= 15 is 0 Å². The molecule has 0 saturated heterocycles. The number of carboxylic acid groups (broad SMARTS) is 1. The van der Waals surface area contributed by atoms with Crippen LogP contribution in [0.15, 0.2) is 91.0 Å². The van der Waals surface area contributed by atoms with Crippen LogP contribution < -0.4 is 4.74 Å². The van der Waals surface area contributed by atoms with Gasteiger partial charge in [-0.3, -0.25) is 4.79 Å². The number of carbonyl (C=O) groups is 2. The molecule has 3 aromatic rings. The molecule has 4 nitrogen and oxygen atoms in total. The molecule has 124 valence electrons. The third kappa shape index (κ3) is 3.02. The summed E-state index contributed by atoms with van der Waals surface area (Å²) in [5.74, 6) is -1.85. The van der Waals surface area contributed by atoms with Crippen LogP contribution in [0.25, 0.3) is 0 Å². The summed E-state index contributed by atoms with van der Waals surface area (Å²) in [7, 11) is 0. The lowest BCUT2D eigenvalue weighted by Gasteiger charge is -2.28. The van der Waals surface area contributed by atoms with E-state index in [1.165, 1.54) is 0 Å². The second-order valence-corrected chi connectivity index (χ2v) is 5.49. The highest BCUT2D eigenvalue weighted by molar-refractivity contribution is 6.10. The van der Waals surface area contributed by atoms with Crippen LogP contribution in [-0.4, -0.2) is 17.0 Å². The van der Waals surface area contributed by atoms with E-state index in [9.17, 15) is 14.7 Å². The molecular formula is C21H16O4. The first-order valence-corrected chi connectivity index (χ1v) is 7.77. The fourth-order valence-corrected chi connectivity index (χ4v) is 2.79. The fraction of sp³-hybridized carbons (Fsp3) is 0.0476. The van der Waals surface area contributed by atoms with Crippen molar-refractivity contribution in [2.45, 2.75) is 5.41 Å². The number of aliphatic carboxylic acids is 1. The Labute approximate surface area is 145 Å². The van der Waals surface area contributed by atoms with Crippen LogP contribution in [-0.2, 0) is 15.0 Å². The zero-order valence-corrected chi connectivity index (χ0v) is 13.3. The normalized spacial score (nSPS) is 10.9. The van der Waals surface area contributed by atoms with Gasteiger partial charge in [0, 0.05) is 0 Å². The van der Waals surface area contributed by atoms with Gasteiger partial charge in [0.15, 0.2) is 0 Å². The van der Waals surface area contributed by atoms with Gasteiger partial charge >= 0.3 is 11.9 Å². The molecule has 0 aromatic heterocycles. The summed E-state index contributed by atoms with van der Waals surface area (Å²) in [6.07, 6.45) is 0. The minimum absolute atomic E-state index is 0.296. The van der Waals surface area contributed by atoms with E-state index in [1.54, 1.807) is 91.0 Å². The summed E-state index contributed by atoms with van der Waals surface area (Å²) in [6.45, 7) is 0. The summed E-state index contributed by atoms with van der Waals surface area (Å²) in [5.41, 5.74) is -1.26. The summed E-state index contributed by atoms with van der Waals surface area (Å²) in [4.78, 5) is 25.4. The predicted molar refractivity (Wildman–Crippen MR) is 93.4 cm³/mol. The van der Waals surface area contributed by atoms with Gasteiger partial charge in [0.05, 0.1) is 0 Å². The SMILES string of the molecule is O=C(O)C(C(=O)Oc1ccccc1)(c1ccccc1)c1ccccc1. The van der Waals surface area contributed by atoms with Crippen LogP contribution in [0, 0.1) is 0 Å². The smallest absolute Gasteiger partial charge is 0.338 e. The van der Waals surface area contributed by atoms with Crippen LogP contribution in [0.2, 0.25) is 0 Å². The van der Waals surface area contributed by atoms with Crippen LogP contribution >= 0.6 is 0 Å². The second-order valence-electron chi connectivity index (χ2n) is 5.49. The molecule has 0 saturated carbocycles. The third-order valence-corrected chi connectivity index (χ3v) is 3.99. The van der Waals surface area contributed by atoms with Crippen molar-refractivity contribution in [3.05, 3.63) is 102 Å². The lowest BCUT2D eigenvalue weighted by Crippen LogP contribution is -2.47. The van der Waals surface area contributed by atoms with Gasteiger partial charge in [0.1, 0.15) is 5.75 Å². The number of carboxylic acids is 1. The number of hydrogen-bond donors (Lipinski definition) is 1. The largest absolute Gasteiger partial charge is 0.480 e. The lowest BCUT2D eigenvalue weighted by atomic mass is 9.74. The number of ether oxygens (including phenoxy) is 1. The standard InChI is InChI=1S/C21H16O4/c22-19(23)21(16-10-4-1-5-11-16,17-12-6-2-7-13-17)20(24)25-18-14-8-3-9-15-18/h1-15H,(H,22,23). The third-order valence-electron chi connectivity index (χ3n) is 3.99. The first-order valence-electron chi connectivity index (χ1n) is 7.77. The molecule has 0 aliphatic heterocycles. The molecule has 1 N–H and O–H groups in total. The average molecular weight is 332 g/mol. The van der Waals surface area contributed by atoms with E-state index in [1.807, 2.05) is 0 Å². The molecule has 0 heterocycles. The molecule has 3 rings (SSSR count). The van der Waals surface area contributed by atoms with Gasteiger partial charge in [0.25, 0.3) is 0 Å². The van der Waals surface area contributed by atoms with E-state index in [-0.39, 0.29) is 0 Å². The Balaban J connectivity index is 2.17. The van der Waals surface area contributed by atoms with Crippen LogP contribution in [0.3, 0.4) is 0 Å². The Bertz CT molecular complexity index is 819. The maximum absolute atomic E-state index is 13.1. The van der Waals surface area contributed by atoms with Crippen LogP contribution in [0.5, 0.6) is 5.75 Å². The highest BCUT2D eigenvalue weighted by atomic mass is 16.5. The first-order chi connectivity index (χ1) is 12.2. The average Bonchev–Trinajstić information content (AvgIpc) is 2.65. The van der Waals surface area contributed by atoms with Gasteiger partial charge in [-0.2, -0.15) is 0 Å². The number of rotatable bonds is 5. The van der Waals surface area contributed by atoms with Crippen LogP contribution in [0.4, 0.5) is 0 Å². The van der Waals surface area contributed by atoms with Crippen molar-refractivity contribution in [2.75, 3.05) is 0 Å². The number of para-hydroxylation sites is 1. The molecule has 0 radical (unpaired) electrons. The number of hydrogen-bond acceptors (Lipinski definition) is 3. The molecule has 0 atom stereocenters. The highest BCUT2D eigenvalue weighted by Gasteiger charge is 2.51. The summed E-state index contributed by atoms with van der Waals surface area (Å²) in [5, 5.41) is 10.1. The minimum Gasteiger partial charge on any atom is -0.480 e. The summed E-state index contributed by atoms with van der Waals surface area (Å²) in [6, 6.07) is 25.3. The van der Waals surface area contributed by atoms with Gasteiger partial charge in [-0.1, -0.05) is 78.9 Å². The Hall–Kier alpha value is -3.40. The van der Waals surface area contributed by atoms with Crippen LogP contribution in [0.1, 0.15) is 11.1 Å². The molecular weight excluding hydrogens is 316 g/mol. The van der Waals surface area contributed by atoms with E-state index in [2.05, 4.69) is 0 Å². The second kappa shape index (κ2) is 7.01. The van der Waals surface area contributed by atoms with Gasteiger partial charge in [0.2, 0.25) is 5.41 Å². The molecule has 0 unspecified atom stereocenters. The topological polar surface area (TPSA) is 63.6 Å². The zero-order chi connectivity index (χ0) is 17.7. The molecule has 0 fully saturated rings. The van der Waals surface area contributed by atoms with Crippen molar-refractivity contribution in [2.24, 2.45) is 0 Å². The van der Waals surface area contributed by atoms with E-state index in [0.29, 0.717) is 16.9 Å². The van der Waals surface area contributed by atoms with Crippen molar-refractivity contribution in [1.82, 2.24) is 0 Å². The predicted octanol–water partition coefficient (Wildman–Crippen LogP) is 3.66. The van der Waals surface area contributed by atoms with Crippen molar-refractivity contribution < 1.29 is 19.4 Å². The summed E-state index contributed by atoms with van der Waals surface area (Å²) < 4.78 is 5.43. The van der Waals surface area contributed by atoms with E-state index < -0.39 is 17.4 Å². The molecule has 0 aliphatic rings. The first kappa shape index (κ1) is 16.5. The monoisotopic (exact) mass is 332 g/mol. The Morgan fingerprint density at radius 2 is 1.08 bits per heavy atom. The van der Waals surface area contributed by atoms with E-state index in [4.69, 9.17) is 4.74 Å². The number of esters is 1. The summed E-state index contributed by atoms with van der Waals surface area (Å²) >= 11 is 0. The van der Waals surface area contributed by atoms with Crippen molar-refractivity contribution in [3.8, 4) is 5.75 Å². The maximum atomic E-state index is 13.1. The Kier molecular flexibility index (Phi) is 4.61. The molecule has 0 bridgehead atoms. The van der Waals surface area contributed by atoms with Crippen molar-refractivity contribution in [3.63, 3.8) is 0 Å². The fourth-order valence-electron chi connectivity index (χ4n) is 2.79. The zero-order valence-electron chi connectivity index (χ0n) is 13.3. The van der Waals surface area contributed by atoms with Gasteiger partial charge in [-0.05, 0) is 23.3 Å². The molecule has 0 aliphatic carbocycles. The molecule has 4 heteroatoms. The quantitative estimate of drug-likeness (QED) is 0.440. The van der Waals surface area contributed by atoms with Gasteiger partial charge in [-0.15, -0.1) is 0 Å². The lowest BCUT2D eigenvalue weighted by molar-refractivity contribution is -0.153. The van der Waals surface area contributed by atoms with Crippen molar-refractivity contribution in [1.29, 1.82) is 0 Å². The van der Waals surface area contributed by atoms with Crippen molar-refractivity contribution >= 4 is 11.9 Å². The molecule has 25 heavy (non-hydrogen) atoms. The van der Waals surface area contributed by atoms with Gasteiger partial charge < -0.3 is 9.84 Å². The molecule has 3 aromatic carbocycles. The highest BCUT2D eigenvalue weighted by Crippen LogP contribution is 2.34. The minimum atomic E-state index is -1.95. The number of carbonyl (C=O) groups excluding carboxylic acids is 1.